The van der Waals surface area contributed by atoms with Crippen LogP contribution in [0.1, 0.15) is 20.3 Å². The smallest absolute Gasteiger partial charge is 0.307 e. The zero-order valence-corrected chi connectivity index (χ0v) is 15.4. The van der Waals surface area contributed by atoms with E-state index in [0.29, 0.717) is 59.4 Å². The van der Waals surface area contributed by atoms with Crippen molar-refractivity contribution >= 4 is 5.97 Å². The van der Waals surface area contributed by atoms with E-state index in [9.17, 15) is 13.6 Å². The number of methoxy groups -OCH3 is 1. The highest BCUT2D eigenvalue weighted by Gasteiger charge is 2.29. The van der Waals surface area contributed by atoms with Gasteiger partial charge in [-0.25, -0.2) is 8.78 Å². The Balaban J connectivity index is 3.16. The van der Waals surface area contributed by atoms with Crippen LogP contribution in [0.2, 0.25) is 0 Å². The average molecular weight is 371 g/mol. The Labute approximate surface area is 148 Å². The summed E-state index contributed by atoms with van der Waals surface area (Å²) in [6.07, 6.45) is 0.231. The standard InChI is InChI=1S/C16H31F2NO6/c1-14(16(2,17)18)19-5-7-23-9-11-25-13-12-24-10-8-22-6-4-15(20)21-3/h14,19H,4-13H2,1-3H3. The third kappa shape index (κ3) is 16.4. The van der Waals surface area contributed by atoms with Gasteiger partial charge in [0, 0.05) is 13.5 Å². The van der Waals surface area contributed by atoms with Crippen LogP contribution in [0, 0.1) is 0 Å². The summed E-state index contributed by atoms with van der Waals surface area (Å²) < 4.78 is 51.2. The van der Waals surface area contributed by atoms with Crippen LogP contribution in [0.5, 0.6) is 0 Å². The van der Waals surface area contributed by atoms with Gasteiger partial charge in [-0.15, -0.1) is 0 Å². The molecule has 0 bridgehead atoms. The van der Waals surface area contributed by atoms with Gasteiger partial charge in [-0.05, 0) is 6.92 Å². The molecule has 0 aromatic rings. The fraction of sp³-hybridized carbons (Fsp3) is 0.938. The van der Waals surface area contributed by atoms with Crippen molar-refractivity contribution in [1.82, 2.24) is 5.32 Å². The highest BCUT2D eigenvalue weighted by Crippen LogP contribution is 2.16. The molecular formula is C16H31F2NO6. The van der Waals surface area contributed by atoms with Crippen molar-refractivity contribution < 1.29 is 37.3 Å². The molecule has 0 saturated heterocycles. The summed E-state index contributed by atoms with van der Waals surface area (Å²) in [5.41, 5.74) is 0. The first-order chi connectivity index (χ1) is 11.9. The van der Waals surface area contributed by atoms with Crippen LogP contribution in [-0.4, -0.2) is 84.4 Å². The first-order valence-electron chi connectivity index (χ1n) is 8.37. The number of alkyl halides is 2. The second-order valence-corrected chi connectivity index (χ2v) is 5.41. The molecule has 0 radical (unpaired) electrons. The van der Waals surface area contributed by atoms with Gasteiger partial charge >= 0.3 is 5.97 Å². The molecular weight excluding hydrogens is 340 g/mol. The zero-order chi connectivity index (χ0) is 19.0. The molecule has 0 amide bonds. The third-order valence-electron chi connectivity index (χ3n) is 3.25. The normalized spacial score (nSPS) is 13.0. The number of ether oxygens (including phenoxy) is 5. The van der Waals surface area contributed by atoms with Crippen molar-refractivity contribution in [3.8, 4) is 0 Å². The highest BCUT2D eigenvalue weighted by atomic mass is 19.3. The number of carbonyl (C=O) groups is 1. The van der Waals surface area contributed by atoms with Crippen LogP contribution in [-0.2, 0) is 28.5 Å². The third-order valence-corrected chi connectivity index (χ3v) is 3.25. The van der Waals surface area contributed by atoms with Gasteiger partial charge in [-0.2, -0.15) is 0 Å². The predicted octanol–water partition coefficient (Wildman–Crippen LogP) is 1.25. The lowest BCUT2D eigenvalue weighted by Gasteiger charge is -2.20. The Morgan fingerprint density at radius 2 is 1.36 bits per heavy atom. The van der Waals surface area contributed by atoms with E-state index >= 15 is 0 Å². The summed E-state index contributed by atoms with van der Waals surface area (Å²) in [6.45, 7) is 5.86. The van der Waals surface area contributed by atoms with E-state index in [0.717, 1.165) is 6.92 Å². The molecule has 0 rings (SSSR count). The number of carbonyl (C=O) groups excluding carboxylic acids is 1. The molecule has 0 aromatic heterocycles. The van der Waals surface area contributed by atoms with Crippen LogP contribution in [0.25, 0.3) is 0 Å². The lowest BCUT2D eigenvalue weighted by Crippen LogP contribution is -2.42. The maximum Gasteiger partial charge on any atom is 0.307 e. The minimum Gasteiger partial charge on any atom is -0.469 e. The molecule has 1 atom stereocenters. The van der Waals surface area contributed by atoms with E-state index in [4.69, 9.17) is 18.9 Å². The predicted molar refractivity (Wildman–Crippen MR) is 88.0 cm³/mol. The van der Waals surface area contributed by atoms with Gasteiger partial charge in [0.25, 0.3) is 5.92 Å². The molecule has 1 N–H and O–H groups in total. The Morgan fingerprint density at radius 3 is 1.80 bits per heavy atom. The molecule has 9 heteroatoms. The highest BCUT2D eigenvalue weighted by molar-refractivity contribution is 5.69. The summed E-state index contributed by atoms with van der Waals surface area (Å²) in [5, 5.41) is 2.70. The number of rotatable bonds is 17. The SMILES string of the molecule is COC(=O)CCOCCOCCOCCOCCNC(C)C(C)(F)F. The first-order valence-corrected chi connectivity index (χ1v) is 8.37. The van der Waals surface area contributed by atoms with E-state index in [1.165, 1.54) is 14.0 Å². The van der Waals surface area contributed by atoms with Crippen molar-refractivity contribution in [3.63, 3.8) is 0 Å². The Bertz CT molecular complexity index is 328. The summed E-state index contributed by atoms with van der Waals surface area (Å²) in [7, 11) is 1.33. The average Bonchev–Trinajstić information content (AvgIpc) is 2.56. The fourth-order valence-corrected chi connectivity index (χ4v) is 1.55. The lowest BCUT2D eigenvalue weighted by atomic mass is 10.2. The Morgan fingerprint density at radius 1 is 0.920 bits per heavy atom. The van der Waals surface area contributed by atoms with Gasteiger partial charge in [0.05, 0.1) is 72.4 Å². The van der Waals surface area contributed by atoms with Gasteiger partial charge in [0.2, 0.25) is 0 Å². The van der Waals surface area contributed by atoms with E-state index in [2.05, 4.69) is 10.1 Å². The molecule has 25 heavy (non-hydrogen) atoms. The molecule has 0 spiro atoms. The Hall–Kier alpha value is -0.870. The van der Waals surface area contributed by atoms with Gasteiger partial charge in [-0.3, -0.25) is 4.79 Å². The summed E-state index contributed by atoms with van der Waals surface area (Å²) in [5.74, 6) is -3.04. The van der Waals surface area contributed by atoms with Gasteiger partial charge in [-0.1, -0.05) is 0 Å². The molecule has 0 fully saturated rings. The quantitative estimate of drug-likeness (QED) is 0.305. The van der Waals surface area contributed by atoms with Crippen LogP contribution in [0.15, 0.2) is 0 Å². The molecule has 7 nitrogen and oxygen atoms in total. The maximum absolute atomic E-state index is 12.9. The van der Waals surface area contributed by atoms with E-state index in [1.54, 1.807) is 0 Å². The first kappa shape index (κ1) is 24.1. The summed E-state index contributed by atoms with van der Waals surface area (Å²) >= 11 is 0. The second-order valence-electron chi connectivity index (χ2n) is 5.41. The Kier molecular flexibility index (Phi) is 14.9. The molecule has 0 aliphatic rings. The van der Waals surface area contributed by atoms with Crippen LogP contribution in [0.3, 0.4) is 0 Å². The van der Waals surface area contributed by atoms with E-state index in [1.807, 2.05) is 0 Å². The number of halogens is 2. The van der Waals surface area contributed by atoms with Crippen molar-refractivity contribution in [2.45, 2.75) is 32.2 Å². The van der Waals surface area contributed by atoms with Crippen molar-refractivity contribution in [2.75, 3.05) is 66.5 Å². The van der Waals surface area contributed by atoms with Crippen molar-refractivity contribution in [1.29, 1.82) is 0 Å². The molecule has 0 heterocycles. The molecule has 150 valence electrons. The molecule has 0 saturated carbocycles. The number of esters is 1. The topological polar surface area (TPSA) is 75.3 Å². The van der Waals surface area contributed by atoms with Gasteiger partial charge in [0.15, 0.2) is 0 Å². The van der Waals surface area contributed by atoms with Crippen LogP contribution < -0.4 is 5.32 Å². The van der Waals surface area contributed by atoms with Crippen molar-refractivity contribution in [2.24, 2.45) is 0 Å². The minimum atomic E-state index is -2.74. The molecule has 1 unspecified atom stereocenters. The summed E-state index contributed by atoms with van der Waals surface area (Å²) in [6, 6.07) is -0.881. The molecule has 0 aliphatic carbocycles. The van der Waals surface area contributed by atoms with E-state index in [-0.39, 0.29) is 12.4 Å². The van der Waals surface area contributed by atoms with Crippen molar-refractivity contribution in [3.05, 3.63) is 0 Å². The number of hydrogen-bond acceptors (Lipinski definition) is 7. The van der Waals surface area contributed by atoms with Gasteiger partial charge < -0.3 is 29.0 Å². The lowest BCUT2D eigenvalue weighted by molar-refractivity contribution is -0.141. The largest absolute Gasteiger partial charge is 0.469 e. The van der Waals surface area contributed by atoms with E-state index < -0.39 is 12.0 Å². The minimum absolute atomic E-state index is 0.231. The maximum atomic E-state index is 12.9. The van der Waals surface area contributed by atoms with Crippen LogP contribution >= 0.6 is 0 Å². The molecule has 0 aliphatic heterocycles. The fourth-order valence-electron chi connectivity index (χ4n) is 1.55. The monoisotopic (exact) mass is 371 g/mol. The van der Waals surface area contributed by atoms with Gasteiger partial charge in [0.1, 0.15) is 0 Å². The zero-order valence-electron chi connectivity index (χ0n) is 15.4. The molecule has 0 aromatic carbocycles. The summed E-state index contributed by atoms with van der Waals surface area (Å²) in [4.78, 5) is 10.8. The second kappa shape index (κ2) is 15.4. The number of nitrogens with one attached hydrogen (secondary N) is 1. The van der Waals surface area contributed by atoms with Crippen LogP contribution in [0.4, 0.5) is 8.78 Å². The number of hydrogen-bond donors (Lipinski definition) is 1.